The summed E-state index contributed by atoms with van der Waals surface area (Å²) in [5.74, 6) is 0.690. The van der Waals surface area contributed by atoms with Crippen LogP contribution in [0, 0.1) is 0 Å². The number of thiocarbonyl (C=S) groups is 1. The van der Waals surface area contributed by atoms with Gasteiger partial charge in [-0.1, -0.05) is 18.2 Å². The standard InChI is InChI=1S/C10H10O2S/c1-8(11)7-10(13)12-9-5-3-2-4-6-9/h2-6H,7H2,1H3. The topological polar surface area (TPSA) is 26.3 Å². The Morgan fingerprint density at radius 1 is 1.38 bits per heavy atom. The van der Waals surface area contributed by atoms with Crippen LogP contribution < -0.4 is 4.74 Å². The van der Waals surface area contributed by atoms with Gasteiger partial charge in [-0.3, -0.25) is 4.79 Å². The van der Waals surface area contributed by atoms with Gasteiger partial charge in [0.05, 0.1) is 6.42 Å². The lowest BCUT2D eigenvalue weighted by molar-refractivity contribution is -0.115. The molecule has 0 aliphatic rings. The summed E-state index contributed by atoms with van der Waals surface area (Å²) >= 11 is 4.87. The van der Waals surface area contributed by atoms with E-state index in [2.05, 4.69) is 0 Å². The number of rotatable bonds is 3. The lowest BCUT2D eigenvalue weighted by Crippen LogP contribution is -2.09. The molecule has 0 N–H and O–H groups in total. The summed E-state index contributed by atoms with van der Waals surface area (Å²) in [6, 6.07) is 9.19. The third-order valence-electron chi connectivity index (χ3n) is 1.37. The van der Waals surface area contributed by atoms with Gasteiger partial charge in [0.1, 0.15) is 11.5 Å². The van der Waals surface area contributed by atoms with Crippen LogP contribution in [0.3, 0.4) is 0 Å². The zero-order chi connectivity index (χ0) is 9.68. The zero-order valence-corrected chi connectivity index (χ0v) is 8.14. The van der Waals surface area contributed by atoms with Crippen LogP contribution in [0.5, 0.6) is 5.75 Å². The molecule has 0 aliphatic heterocycles. The summed E-state index contributed by atoms with van der Waals surface area (Å²) < 4.78 is 5.24. The number of carbonyl (C=O) groups is 1. The van der Waals surface area contributed by atoms with Gasteiger partial charge in [-0.25, -0.2) is 0 Å². The van der Waals surface area contributed by atoms with E-state index in [1.807, 2.05) is 18.2 Å². The lowest BCUT2D eigenvalue weighted by atomic mass is 10.3. The smallest absolute Gasteiger partial charge is 0.174 e. The van der Waals surface area contributed by atoms with Crippen molar-refractivity contribution in [1.82, 2.24) is 0 Å². The molecule has 3 heteroatoms. The second-order valence-corrected chi connectivity index (χ2v) is 3.12. The van der Waals surface area contributed by atoms with Crippen molar-refractivity contribution in [2.45, 2.75) is 13.3 Å². The Morgan fingerprint density at radius 3 is 2.54 bits per heavy atom. The molecule has 0 spiro atoms. The minimum absolute atomic E-state index is 0.0148. The average molecular weight is 194 g/mol. The van der Waals surface area contributed by atoms with Crippen molar-refractivity contribution in [1.29, 1.82) is 0 Å². The van der Waals surface area contributed by atoms with Gasteiger partial charge in [0, 0.05) is 0 Å². The number of Topliss-reactive ketones (excluding diaryl/α,β-unsaturated/α-hetero) is 1. The maximum Gasteiger partial charge on any atom is 0.174 e. The lowest BCUT2D eigenvalue weighted by Gasteiger charge is -2.04. The Labute approximate surface area is 82.5 Å². The van der Waals surface area contributed by atoms with Gasteiger partial charge in [0.25, 0.3) is 0 Å². The Hall–Kier alpha value is -1.22. The summed E-state index contributed by atoms with van der Waals surface area (Å²) in [5.41, 5.74) is 0. The van der Waals surface area contributed by atoms with Crippen molar-refractivity contribution >= 4 is 23.1 Å². The van der Waals surface area contributed by atoms with E-state index in [1.54, 1.807) is 12.1 Å². The molecule has 13 heavy (non-hydrogen) atoms. The number of ether oxygens (including phenoxy) is 1. The number of para-hydroxylation sites is 1. The SMILES string of the molecule is CC(=O)CC(=S)Oc1ccccc1. The molecule has 0 radical (unpaired) electrons. The average Bonchev–Trinajstić information content (AvgIpc) is 2.04. The van der Waals surface area contributed by atoms with Crippen LogP contribution in [-0.2, 0) is 4.79 Å². The minimum atomic E-state index is 0.0148. The number of hydrogen-bond donors (Lipinski definition) is 0. The van der Waals surface area contributed by atoms with E-state index in [0.29, 0.717) is 10.8 Å². The summed E-state index contributed by atoms with van der Waals surface area (Å²) in [4.78, 5) is 10.7. The molecule has 1 rings (SSSR count). The van der Waals surface area contributed by atoms with Crippen LogP contribution in [0.1, 0.15) is 13.3 Å². The summed E-state index contributed by atoms with van der Waals surface area (Å²) in [5, 5.41) is 0.318. The molecule has 0 unspecified atom stereocenters. The third-order valence-corrected chi connectivity index (χ3v) is 1.60. The molecule has 0 bridgehead atoms. The molecule has 0 amide bonds. The molecular weight excluding hydrogens is 184 g/mol. The number of benzene rings is 1. The van der Waals surface area contributed by atoms with E-state index < -0.39 is 0 Å². The highest BCUT2D eigenvalue weighted by molar-refractivity contribution is 7.80. The van der Waals surface area contributed by atoms with Gasteiger partial charge in [-0.05, 0) is 31.3 Å². The van der Waals surface area contributed by atoms with Crippen LogP contribution in [-0.4, -0.2) is 10.8 Å². The van der Waals surface area contributed by atoms with Crippen molar-refractivity contribution < 1.29 is 9.53 Å². The summed E-state index contributed by atoms with van der Waals surface area (Å²) in [7, 11) is 0. The Morgan fingerprint density at radius 2 is 2.00 bits per heavy atom. The van der Waals surface area contributed by atoms with Crippen molar-refractivity contribution in [3.05, 3.63) is 30.3 Å². The maximum absolute atomic E-state index is 10.7. The van der Waals surface area contributed by atoms with Gasteiger partial charge in [-0.2, -0.15) is 0 Å². The number of hydrogen-bond acceptors (Lipinski definition) is 3. The molecule has 0 saturated heterocycles. The first-order valence-electron chi connectivity index (χ1n) is 3.93. The highest BCUT2D eigenvalue weighted by Gasteiger charge is 2.02. The summed E-state index contributed by atoms with van der Waals surface area (Å²) in [6.07, 6.45) is 0.199. The van der Waals surface area contributed by atoms with Crippen molar-refractivity contribution in [2.24, 2.45) is 0 Å². The molecule has 0 aliphatic carbocycles. The number of ketones is 1. The van der Waals surface area contributed by atoms with Crippen LogP contribution in [0.25, 0.3) is 0 Å². The number of carbonyl (C=O) groups excluding carboxylic acids is 1. The minimum Gasteiger partial charge on any atom is -0.450 e. The molecule has 0 fully saturated rings. The van der Waals surface area contributed by atoms with Crippen molar-refractivity contribution in [3.8, 4) is 5.75 Å². The van der Waals surface area contributed by atoms with Gasteiger partial charge in [0.2, 0.25) is 0 Å². The predicted octanol–water partition coefficient (Wildman–Crippen LogP) is 2.37. The predicted molar refractivity (Wildman–Crippen MR) is 55.0 cm³/mol. The van der Waals surface area contributed by atoms with E-state index in [0.717, 1.165) is 0 Å². The van der Waals surface area contributed by atoms with Gasteiger partial charge in [0.15, 0.2) is 5.05 Å². The van der Waals surface area contributed by atoms with E-state index in [9.17, 15) is 4.79 Å². The second-order valence-electron chi connectivity index (χ2n) is 2.67. The van der Waals surface area contributed by atoms with E-state index >= 15 is 0 Å². The molecule has 0 aromatic heterocycles. The highest BCUT2D eigenvalue weighted by atomic mass is 32.1. The molecule has 1 aromatic carbocycles. The first kappa shape index (κ1) is 9.86. The quantitative estimate of drug-likeness (QED) is 0.691. The molecule has 0 saturated carbocycles. The Balaban J connectivity index is 2.50. The fourth-order valence-corrected chi connectivity index (χ4v) is 1.16. The van der Waals surface area contributed by atoms with Gasteiger partial charge in [-0.15, -0.1) is 0 Å². The van der Waals surface area contributed by atoms with Crippen molar-refractivity contribution in [2.75, 3.05) is 0 Å². The third kappa shape index (κ3) is 3.80. The Kier molecular flexibility index (Phi) is 3.58. The first-order chi connectivity index (χ1) is 6.18. The molecular formula is C10H10O2S. The Bertz CT molecular complexity index is 306. The fraction of sp³-hybridized carbons (Fsp3) is 0.200. The van der Waals surface area contributed by atoms with Crippen molar-refractivity contribution in [3.63, 3.8) is 0 Å². The largest absolute Gasteiger partial charge is 0.450 e. The fourth-order valence-electron chi connectivity index (χ4n) is 0.859. The van der Waals surface area contributed by atoms with E-state index in [4.69, 9.17) is 17.0 Å². The van der Waals surface area contributed by atoms with Crippen LogP contribution in [0.4, 0.5) is 0 Å². The van der Waals surface area contributed by atoms with Gasteiger partial charge >= 0.3 is 0 Å². The van der Waals surface area contributed by atoms with Gasteiger partial charge < -0.3 is 4.74 Å². The normalized spacial score (nSPS) is 9.31. The zero-order valence-electron chi connectivity index (χ0n) is 7.32. The van der Waals surface area contributed by atoms with E-state index in [1.165, 1.54) is 6.92 Å². The van der Waals surface area contributed by atoms with E-state index in [-0.39, 0.29) is 12.2 Å². The molecule has 0 atom stereocenters. The maximum atomic E-state index is 10.7. The van der Waals surface area contributed by atoms with Crippen LogP contribution in [0.2, 0.25) is 0 Å². The molecule has 1 aromatic rings. The highest BCUT2D eigenvalue weighted by Crippen LogP contribution is 2.09. The molecule has 2 nitrogen and oxygen atoms in total. The second kappa shape index (κ2) is 4.72. The van der Waals surface area contributed by atoms with Crippen LogP contribution >= 0.6 is 12.2 Å². The molecule has 68 valence electrons. The molecule has 0 heterocycles. The first-order valence-corrected chi connectivity index (χ1v) is 4.34. The van der Waals surface area contributed by atoms with Crippen LogP contribution in [0.15, 0.2) is 30.3 Å². The monoisotopic (exact) mass is 194 g/mol. The summed E-state index contributed by atoms with van der Waals surface area (Å²) in [6.45, 7) is 1.49.